The molecule has 1 atom stereocenters. The van der Waals surface area contributed by atoms with Gasteiger partial charge in [0.1, 0.15) is 0 Å². The van der Waals surface area contributed by atoms with Gasteiger partial charge in [-0.15, -0.1) is 0 Å². The van der Waals surface area contributed by atoms with Crippen molar-refractivity contribution < 1.29 is 9.59 Å². The number of amides is 1. The highest BCUT2D eigenvalue weighted by atomic mass is 79.9. The van der Waals surface area contributed by atoms with Crippen molar-refractivity contribution >= 4 is 33.3 Å². The first-order valence-corrected chi connectivity index (χ1v) is 17.0. The number of ketones is 1. The summed E-state index contributed by atoms with van der Waals surface area (Å²) >= 11 is 3.50. The lowest BCUT2D eigenvalue weighted by atomic mass is 9.90. The number of rotatable bonds is 24. The lowest BCUT2D eigenvalue weighted by Gasteiger charge is -2.20. The number of nitrogens with zero attached hydrogens (tertiary/aromatic N) is 1. The molecule has 0 aromatic heterocycles. The lowest BCUT2D eigenvalue weighted by Crippen LogP contribution is -2.30. The Morgan fingerprint density at radius 3 is 1.58 bits per heavy atom. The molecule has 1 aromatic rings. The molecular formula is C34H56BrNO2. The van der Waals surface area contributed by atoms with Crippen LogP contribution in [-0.4, -0.2) is 18.2 Å². The zero-order chi connectivity index (χ0) is 27.4. The molecule has 0 spiro atoms. The van der Waals surface area contributed by atoms with Crippen LogP contribution in [0.4, 0.5) is 5.69 Å². The Morgan fingerprint density at radius 1 is 0.632 bits per heavy atom. The third-order valence-corrected chi connectivity index (χ3v) is 8.85. The molecule has 1 aromatic carbocycles. The first-order valence-electron chi connectivity index (χ1n) is 16.2. The van der Waals surface area contributed by atoms with Gasteiger partial charge in [0.2, 0.25) is 0 Å². The van der Waals surface area contributed by atoms with E-state index in [0.717, 1.165) is 28.9 Å². The number of unbranched alkanes of at least 4 members (excludes halogenated alkanes) is 16. The molecule has 3 nitrogen and oxygen atoms in total. The molecule has 0 saturated carbocycles. The van der Waals surface area contributed by atoms with Gasteiger partial charge < -0.3 is 4.90 Å². The van der Waals surface area contributed by atoms with E-state index in [2.05, 4.69) is 29.8 Å². The third-order valence-electron chi connectivity index (χ3n) is 8.36. The molecule has 0 radical (unpaired) electrons. The van der Waals surface area contributed by atoms with Gasteiger partial charge in [0.05, 0.1) is 11.3 Å². The zero-order valence-electron chi connectivity index (χ0n) is 24.7. The molecule has 0 bridgehead atoms. The molecule has 0 aliphatic carbocycles. The monoisotopic (exact) mass is 589 g/mol. The number of halogens is 1. The van der Waals surface area contributed by atoms with E-state index in [9.17, 15) is 9.59 Å². The van der Waals surface area contributed by atoms with Crippen LogP contribution < -0.4 is 4.90 Å². The van der Waals surface area contributed by atoms with Gasteiger partial charge in [-0.3, -0.25) is 9.59 Å². The normalized spacial score (nSPS) is 13.9. The van der Waals surface area contributed by atoms with Crippen molar-refractivity contribution in [1.29, 1.82) is 0 Å². The van der Waals surface area contributed by atoms with Crippen molar-refractivity contribution in [2.45, 2.75) is 155 Å². The molecule has 38 heavy (non-hydrogen) atoms. The Morgan fingerprint density at radius 2 is 1.08 bits per heavy atom. The number of carbonyl (C=O) groups is 2. The smallest absolute Gasteiger partial charge is 0.299 e. The van der Waals surface area contributed by atoms with Gasteiger partial charge in [0.15, 0.2) is 0 Å². The molecule has 0 saturated heterocycles. The van der Waals surface area contributed by atoms with Crippen molar-refractivity contribution in [3.63, 3.8) is 0 Å². The van der Waals surface area contributed by atoms with E-state index in [1.165, 1.54) is 128 Å². The fourth-order valence-electron chi connectivity index (χ4n) is 5.95. The van der Waals surface area contributed by atoms with E-state index < -0.39 is 0 Å². The van der Waals surface area contributed by atoms with Crippen LogP contribution in [0.5, 0.6) is 0 Å². The molecule has 1 aliphatic heterocycles. The summed E-state index contributed by atoms with van der Waals surface area (Å²) in [6.07, 6.45) is 29.6. The van der Waals surface area contributed by atoms with Crippen LogP contribution >= 0.6 is 15.9 Å². The molecule has 1 aliphatic rings. The predicted molar refractivity (Wildman–Crippen MR) is 167 cm³/mol. The Hall–Kier alpha value is -1.16. The first-order chi connectivity index (χ1) is 18.6. The van der Waals surface area contributed by atoms with Gasteiger partial charge in [-0.25, -0.2) is 0 Å². The minimum absolute atomic E-state index is 0.353. The maximum Gasteiger partial charge on any atom is 0.299 e. The van der Waals surface area contributed by atoms with E-state index in [0.29, 0.717) is 12.1 Å². The second kappa shape index (κ2) is 20.7. The highest BCUT2D eigenvalue weighted by Crippen LogP contribution is 2.32. The molecule has 1 amide bonds. The van der Waals surface area contributed by atoms with Crippen molar-refractivity contribution in [3.05, 3.63) is 28.2 Å². The van der Waals surface area contributed by atoms with Crippen LogP contribution in [0, 0.1) is 5.92 Å². The number of benzene rings is 1. The highest BCUT2D eigenvalue weighted by molar-refractivity contribution is 9.10. The number of hydrogen-bond acceptors (Lipinski definition) is 2. The maximum atomic E-state index is 12.6. The minimum atomic E-state index is -0.354. The fraction of sp³-hybridized carbons (Fsp3) is 0.765. The van der Waals surface area contributed by atoms with Gasteiger partial charge >= 0.3 is 0 Å². The van der Waals surface area contributed by atoms with Crippen LogP contribution in [-0.2, 0) is 4.79 Å². The van der Waals surface area contributed by atoms with Gasteiger partial charge in [-0.05, 0) is 37.0 Å². The lowest BCUT2D eigenvalue weighted by molar-refractivity contribution is -0.114. The molecule has 1 heterocycles. The van der Waals surface area contributed by atoms with Crippen molar-refractivity contribution in [1.82, 2.24) is 0 Å². The van der Waals surface area contributed by atoms with Crippen LogP contribution in [0.1, 0.15) is 165 Å². The van der Waals surface area contributed by atoms with Crippen molar-refractivity contribution in [2.24, 2.45) is 5.92 Å². The molecule has 0 N–H and O–H groups in total. The largest absolute Gasteiger partial charge is 0.305 e. The van der Waals surface area contributed by atoms with E-state index in [1.807, 2.05) is 12.1 Å². The van der Waals surface area contributed by atoms with Crippen LogP contribution in [0.15, 0.2) is 22.7 Å². The SMILES string of the molecule is CCCCCCCCCCCCC(CCCCCCCCCC)CCCN1C(=O)C(=O)c2ccc(Br)cc21. The van der Waals surface area contributed by atoms with Gasteiger partial charge in [0, 0.05) is 11.0 Å². The van der Waals surface area contributed by atoms with Gasteiger partial charge in [-0.2, -0.15) is 0 Å². The highest BCUT2D eigenvalue weighted by Gasteiger charge is 2.35. The number of Topliss-reactive ketones (excluding diaryl/α,β-unsaturated/α-hetero) is 1. The zero-order valence-corrected chi connectivity index (χ0v) is 26.3. The summed E-state index contributed by atoms with van der Waals surface area (Å²) in [6.45, 7) is 5.22. The average molecular weight is 591 g/mol. The van der Waals surface area contributed by atoms with Crippen molar-refractivity contribution in [3.8, 4) is 0 Å². The first kappa shape index (κ1) is 33.0. The molecule has 1 unspecified atom stereocenters. The number of hydrogen-bond donors (Lipinski definition) is 0. The topological polar surface area (TPSA) is 37.4 Å². The standard InChI is InChI=1S/C34H56BrNO2/c1-3-5-7-9-11-13-14-16-18-20-23-29(22-19-17-15-12-10-8-6-4-2)24-21-27-36-32-28-30(35)25-26-31(32)33(37)34(36)38/h25-26,28-29H,3-24,27H2,1-2H3. The van der Waals surface area contributed by atoms with E-state index in [4.69, 9.17) is 0 Å². The third kappa shape index (κ3) is 12.8. The second-order valence-electron chi connectivity index (χ2n) is 11.7. The quantitative estimate of drug-likeness (QED) is 0.0887. The summed E-state index contributed by atoms with van der Waals surface area (Å²) in [7, 11) is 0. The Labute approximate surface area is 243 Å². The average Bonchev–Trinajstić information content (AvgIpc) is 3.14. The summed E-state index contributed by atoms with van der Waals surface area (Å²) < 4.78 is 0.914. The van der Waals surface area contributed by atoms with E-state index in [1.54, 1.807) is 11.0 Å². The van der Waals surface area contributed by atoms with Gasteiger partial charge in [-0.1, -0.05) is 158 Å². The summed E-state index contributed by atoms with van der Waals surface area (Å²) in [6, 6.07) is 5.54. The van der Waals surface area contributed by atoms with Crippen LogP contribution in [0.25, 0.3) is 0 Å². The fourth-order valence-corrected chi connectivity index (χ4v) is 6.30. The molecule has 216 valence electrons. The van der Waals surface area contributed by atoms with E-state index in [-0.39, 0.29) is 11.7 Å². The second-order valence-corrected chi connectivity index (χ2v) is 12.6. The summed E-state index contributed by atoms with van der Waals surface area (Å²) in [5.41, 5.74) is 1.34. The van der Waals surface area contributed by atoms with Crippen LogP contribution in [0.2, 0.25) is 0 Å². The number of fused-ring (bicyclic) bond motifs is 1. The summed E-state index contributed by atoms with van der Waals surface area (Å²) in [5.74, 6) is 0.0419. The summed E-state index contributed by atoms with van der Waals surface area (Å²) in [4.78, 5) is 26.7. The predicted octanol–water partition coefficient (Wildman–Crippen LogP) is 11.2. The number of carbonyl (C=O) groups excluding carboxylic acids is 2. The Balaban J connectivity index is 1.72. The molecular weight excluding hydrogens is 534 g/mol. The molecule has 2 rings (SSSR count). The van der Waals surface area contributed by atoms with E-state index >= 15 is 0 Å². The molecule has 0 fully saturated rings. The minimum Gasteiger partial charge on any atom is -0.305 e. The Bertz CT molecular complexity index is 793. The van der Waals surface area contributed by atoms with Crippen molar-refractivity contribution in [2.75, 3.05) is 11.4 Å². The van der Waals surface area contributed by atoms with Gasteiger partial charge in [0.25, 0.3) is 11.7 Å². The maximum absolute atomic E-state index is 12.6. The summed E-state index contributed by atoms with van der Waals surface area (Å²) in [5, 5.41) is 0. The number of anilines is 1. The molecule has 4 heteroatoms. The van der Waals surface area contributed by atoms with Crippen LogP contribution in [0.3, 0.4) is 0 Å². The Kier molecular flexibility index (Phi) is 18.0.